The molecule has 18 heavy (non-hydrogen) atoms. The summed E-state index contributed by atoms with van der Waals surface area (Å²) in [6.45, 7) is -0.268. The lowest BCUT2D eigenvalue weighted by Crippen LogP contribution is -2.31. The van der Waals surface area contributed by atoms with Crippen molar-refractivity contribution in [3.63, 3.8) is 0 Å². The lowest BCUT2D eigenvalue weighted by Gasteiger charge is -2.23. The Kier molecular flexibility index (Phi) is 4.55. The van der Waals surface area contributed by atoms with Crippen molar-refractivity contribution in [3.05, 3.63) is 29.6 Å². The molecule has 4 heteroatoms. The lowest BCUT2D eigenvalue weighted by atomic mass is 10.1. The molecule has 2 unspecified atom stereocenters. The van der Waals surface area contributed by atoms with Crippen molar-refractivity contribution in [2.45, 2.75) is 50.9 Å². The summed E-state index contributed by atoms with van der Waals surface area (Å²) >= 11 is 0. The van der Waals surface area contributed by atoms with Crippen LogP contribution >= 0.6 is 0 Å². The maximum atomic E-state index is 13.7. The van der Waals surface area contributed by atoms with E-state index in [0.717, 1.165) is 25.7 Å². The molecular weight excluding hydrogens is 235 g/mol. The highest BCUT2D eigenvalue weighted by Crippen LogP contribution is 2.28. The number of rotatable bonds is 3. The fourth-order valence-corrected chi connectivity index (χ4v) is 2.35. The predicted octanol–water partition coefficient (Wildman–Crippen LogP) is 2.39. The molecule has 0 saturated heterocycles. The number of hydrogen-bond acceptors (Lipinski definition) is 3. The van der Waals surface area contributed by atoms with Crippen LogP contribution in [0.5, 0.6) is 5.75 Å². The van der Waals surface area contributed by atoms with Gasteiger partial charge in [-0.3, -0.25) is 0 Å². The minimum atomic E-state index is -0.557. The second-order valence-corrected chi connectivity index (χ2v) is 4.75. The molecule has 0 heterocycles. The van der Waals surface area contributed by atoms with Crippen LogP contribution in [0.1, 0.15) is 37.7 Å². The van der Waals surface area contributed by atoms with Crippen molar-refractivity contribution >= 4 is 0 Å². The number of para-hydroxylation sites is 1. The summed E-state index contributed by atoms with van der Waals surface area (Å²) in [7, 11) is 0. The average Bonchev–Trinajstić information content (AvgIpc) is 2.57. The number of ether oxygens (including phenoxy) is 1. The van der Waals surface area contributed by atoms with Crippen molar-refractivity contribution in [2.75, 3.05) is 0 Å². The molecular formula is C14H19FO3. The van der Waals surface area contributed by atoms with Crippen molar-refractivity contribution < 1.29 is 19.3 Å². The fraction of sp³-hybridized carbons (Fsp3) is 0.571. The standard InChI is InChI=1S/C14H19FO3/c15-11-6-4-5-10(9-16)14(11)18-13-8-3-1-2-7-12(13)17/h4-6,12-13,16-17H,1-3,7-9H2. The first kappa shape index (κ1) is 13.3. The van der Waals surface area contributed by atoms with Crippen molar-refractivity contribution in [2.24, 2.45) is 0 Å². The van der Waals surface area contributed by atoms with Gasteiger partial charge in [0.2, 0.25) is 0 Å². The van der Waals surface area contributed by atoms with Gasteiger partial charge in [0.05, 0.1) is 12.7 Å². The normalized spacial score (nSPS) is 24.6. The Morgan fingerprint density at radius 1 is 1.22 bits per heavy atom. The fourth-order valence-electron chi connectivity index (χ4n) is 2.35. The molecule has 0 aliphatic heterocycles. The number of halogens is 1. The zero-order chi connectivity index (χ0) is 13.0. The van der Waals surface area contributed by atoms with Gasteiger partial charge < -0.3 is 14.9 Å². The summed E-state index contributed by atoms with van der Waals surface area (Å²) in [6.07, 6.45) is 3.50. The summed E-state index contributed by atoms with van der Waals surface area (Å²) in [5.41, 5.74) is 0.423. The molecule has 2 N–H and O–H groups in total. The van der Waals surface area contributed by atoms with E-state index in [1.54, 1.807) is 6.07 Å². The molecule has 1 aliphatic rings. The van der Waals surface area contributed by atoms with Crippen LogP contribution in [0.4, 0.5) is 4.39 Å². The molecule has 100 valence electrons. The van der Waals surface area contributed by atoms with Crippen LogP contribution in [-0.2, 0) is 6.61 Å². The van der Waals surface area contributed by atoms with Gasteiger partial charge in [0.15, 0.2) is 11.6 Å². The Labute approximate surface area is 106 Å². The second-order valence-electron chi connectivity index (χ2n) is 4.75. The smallest absolute Gasteiger partial charge is 0.165 e. The highest BCUT2D eigenvalue weighted by atomic mass is 19.1. The molecule has 1 aliphatic carbocycles. The van der Waals surface area contributed by atoms with Crippen LogP contribution in [0.3, 0.4) is 0 Å². The molecule has 1 saturated carbocycles. The van der Waals surface area contributed by atoms with Crippen LogP contribution in [-0.4, -0.2) is 22.4 Å². The van der Waals surface area contributed by atoms with E-state index in [1.165, 1.54) is 12.1 Å². The molecule has 0 amide bonds. The van der Waals surface area contributed by atoms with E-state index in [-0.39, 0.29) is 18.5 Å². The Hall–Kier alpha value is -1.13. The Morgan fingerprint density at radius 2 is 2.00 bits per heavy atom. The van der Waals surface area contributed by atoms with E-state index >= 15 is 0 Å². The first-order chi connectivity index (χ1) is 8.72. The van der Waals surface area contributed by atoms with Gasteiger partial charge in [-0.05, 0) is 25.3 Å². The minimum absolute atomic E-state index is 0.0750. The maximum Gasteiger partial charge on any atom is 0.165 e. The van der Waals surface area contributed by atoms with Crippen molar-refractivity contribution in [3.8, 4) is 5.75 Å². The minimum Gasteiger partial charge on any atom is -0.484 e. The summed E-state index contributed by atoms with van der Waals surface area (Å²) in [5.74, 6) is -0.413. The van der Waals surface area contributed by atoms with Gasteiger partial charge in [-0.2, -0.15) is 0 Å². The zero-order valence-corrected chi connectivity index (χ0v) is 10.3. The third-order valence-corrected chi connectivity index (χ3v) is 3.41. The van der Waals surface area contributed by atoms with Crippen LogP contribution in [0.2, 0.25) is 0 Å². The first-order valence-corrected chi connectivity index (χ1v) is 6.45. The number of benzene rings is 1. The monoisotopic (exact) mass is 254 g/mol. The largest absolute Gasteiger partial charge is 0.484 e. The number of aliphatic hydroxyl groups excluding tert-OH is 2. The number of hydrogen-bond donors (Lipinski definition) is 2. The van der Waals surface area contributed by atoms with Gasteiger partial charge in [-0.25, -0.2) is 4.39 Å². The first-order valence-electron chi connectivity index (χ1n) is 6.45. The van der Waals surface area contributed by atoms with Gasteiger partial charge in [-0.15, -0.1) is 0 Å². The Bertz CT molecular complexity index is 395. The predicted molar refractivity (Wildman–Crippen MR) is 65.8 cm³/mol. The number of aliphatic hydroxyl groups is 2. The molecule has 1 aromatic rings. The maximum absolute atomic E-state index is 13.7. The highest BCUT2D eigenvalue weighted by molar-refractivity contribution is 5.34. The van der Waals surface area contributed by atoms with E-state index in [0.29, 0.717) is 12.0 Å². The van der Waals surface area contributed by atoms with Gasteiger partial charge in [-0.1, -0.05) is 25.0 Å². The average molecular weight is 254 g/mol. The second kappa shape index (κ2) is 6.16. The summed E-state index contributed by atoms with van der Waals surface area (Å²) in [6, 6.07) is 4.47. The van der Waals surface area contributed by atoms with Gasteiger partial charge in [0.25, 0.3) is 0 Å². The quantitative estimate of drug-likeness (QED) is 0.814. The lowest BCUT2D eigenvalue weighted by molar-refractivity contribution is 0.0284. The van der Waals surface area contributed by atoms with Gasteiger partial charge in [0, 0.05) is 5.56 Å². The molecule has 2 rings (SSSR count). The third kappa shape index (κ3) is 3.00. The van der Waals surface area contributed by atoms with Crippen molar-refractivity contribution in [1.82, 2.24) is 0 Å². The zero-order valence-electron chi connectivity index (χ0n) is 10.3. The van der Waals surface area contributed by atoms with E-state index < -0.39 is 11.9 Å². The van der Waals surface area contributed by atoms with Crippen LogP contribution in [0.25, 0.3) is 0 Å². The van der Waals surface area contributed by atoms with Crippen molar-refractivity contribution in [1.29, 1.82) is 0 Å². The van der Waals surface area contributed by atoms with Crippen LogP contribution in [0.15, 0.2) is 18.2 Å². The Balaban J connectivity index is 2.16. The molecule has 0 aromatic heterocycles. The summed E-state index contributed by atoms with van der Waals surface area (Å²) in [5, 5.41) is 19.1. The van der Waals surface area contributed by atoms with E-state index in [1.807, 2.05) is 0 Å². The van der Waals surface area contributed by atoms with E-state index in [9.17, 15) is 14.6 Å². The van der Waals surface area contributed by atoms with Crippen LogP contribution < -0.4 is 4.74 Å². The SMILES string of the molecule is OCc1cccc(F)c1OC1CCCCCC1O. The summed E-state index contributed by atoms with van der Waals surface area (Å²) < 4.78 is 19.3. The molecule has 0 spiro atoms. The van der Waals surface area contributed by atoms with E-state index in [4.69, 9.17) is 4.74 Å². The molecule has 1 fully saturated rings. The highest BCUT2D eigenvalue weighted by Gasteiger charge is 2.25. The molecule has 0 radical (unpaired) electrons. The van der Waals surface area contributed by atoms with E-state index in [2.05, 4.69) is 0 Å². The molecule has 3 nitrogen and oxygen atoms in total. The molecule has 2 atom stereocenters. The van der Waals surface area contributed by atoms with Crippen LogP contribution in [0, 0.1) is 5.82 Å². The Morgan fingerprint density at radius 3 is 2.78 bits per heavy atom. The third-order valence-electron chi connectivity index (χ3n) is 3.41. The molecule has 1 aromatic carbocycles. The summed E-state index contributed by atoms with van der Waals surface area (Å²) in [4.78, 5) is 0. The topological polar surface area (TPSA) is 49.7 Å². The van der Waals surface area contributed by atoms with Gasteiger partial charge in [0.1, 0.15) is 6.10 Å². The molecule has 0 bridgehead atoms. The van der Waals surface area contributed by atoms with Gasteiger partial charge >= 0.3 is 0 Å².